The van der Waals surface area contributed by atoms with Crippen LogP contribution in [-0.4, -0.2) is 24.8 Å². The number of hydrogen-bond acceptors (Lipinski definition) is 10. The van der Waals surface area contributed by atoms with Crippen LogP contribution in [0.4, 0.5) is 22.7 Å². The molecule has 0 aliphatic carbocycles. The maximum atomic E-state index is 10.8. The van der Waals surface area contributed by atoms with Gasteiger partial charge in [0.1, 0.15) is 0 Å². The van der Waals surface area contributed by atoms with Crippen molar-refractivity contribution in [2.24, 2.45) is 0 Å². The number of nitro groups is 4. The van der Waals surface area contributed by atoms with Crippen molar-refractivity contribution in [2.75, 3.05) is 0 Å². The van der Waals surface area contributed by atoms with E-state index in [-0.39, 0.29) is 51.4 Å². The van der Waals surface area contributed by atoms with E-state index in [9.17, 15) is 45.6 Å². The van der Waals surface area contributed by atoms with Gasteiger partial charge in [0, 0.05) is 12.1 Å². The van der Waals surface area contributed by atoms with Crippen LogP contribution >= 0.6 is 0 Å². The van der Waals surface area contributed by atoms with E-state index in [1.807, 2.05) is 0 Å². The second-order valence-corrected chi connectivity index (χ2v) is 4.35. The Bertz CT molecular complexity index is 830. The smallest absolute Gasteiger partial charge is 0.868 e. The molecule has 0 heterocycles. The molecule has 0 aliphatic rings. The van der Waals surface area contributed by atoms with Crippen LogP contribution in [0.25, 0.3) is 0 Å². The first-order valence-electron chi connectivity index (χ1n) is 6.26. The van der Waals surface area contributed by atoms with Crippen LogP contribution in [0.3, 0.4) is 0 Å². The number of rotatable bonds is 4. The maximum absolute atomic E-state index is 10.8. The third kappa shape index (κ3) is 6.83. The fourth-order valence-corrected chi connectivity index (χ4v) is 1.53. The number of phenolic OH excluding ortho intramolecular Hbond substituents is 1. The van der Waals surface area contributed by atoms with Crippen LogP contribution in [0.5, 0.6) is 11.5 Å². The molecule has 2 rings (SSSR count). The molecule has 2 aromatic rings. The van der Waals surface area contributed by atoms with Crippen molar-refractivity contribution < 1.29 is 81.3 Å². The first-order chi connectivity index (χ1) is 12.0. The van der Waals surface area contributed by atoms with Crippen LogP contribution in [0.1, 0.15) is 0 Å². The average Bonchev–Trinajstić information content (AvgIpc) is 2.55. The van der Waals surface area contributed by atoms with E-state index in [1.165, 1.54) is 0 Å². The summed E-state index contributed by atoms with van der Waals surface area (Å²) in [4.78, 5) is 37.3. The number of benzene rings is 2. The number of hydrogen-bond donors (Lipinski definition) is 1. The van der Waals surface area contributed by atoms with Gasteiger partial charge in [0.25, 0.3) is 17.1 Å². The van der Waals surface area contributed by atoms with E-state index >= 15 is 0 Å². The van der Waals surface area contributed by atoms with Crippen molar-refractivity contribution >= 4 is 22.7 Å². The quantitative estimate of drug-likeness (QED) is 0.363. The molecule has 27 heavy (non-hydrogen) atoms. The number of nitro benzene ring substituents is 4. The van der Waals surface area contributed by atoms with Gasteiger partial charge in [-0.25, -0.2) is 0 Å². The zero-order chi connectivity index (χ0) is 20.0. The van der Waals surface area contributed by atoms with Gasteiger partial charge < -0.3 is 10.2 Å². The monoisotopic (exact) mass is 406 g/mol. The molecule has 0 aromatic heterocycles. The zero-order valence-corrected chi connectivity index (χ0v) is 16.5. The molecule has 136 valence electrons. The maximum Gasteiger partial charge on any atom is 1.00 e. The molecule has 0 fully saturated rings. The Morgan fingerprint density at radius 1 is 0.667 bits per heavy atom. The second kappa shape index (κ2) is 10.4. The van der Waals surface area contributed by atoms with Crippen molar-refractivity contribution in [3.05, 3.63) is 76.9 Å². The van der Waals surface area contributed by atoms with Crippen LogP contribution in [0.2, 0.25) is 0 Å². The SMILES string of the molecule is O=[N+]([O-])c1ccc(O)c([N+](=O)[O-])c1.O=[N+]([O-])c1ccc([O-])c([N+](=O)[O-])c1.[K+]. The molecule has 2 aromatic carbocycles. The molecule has 0 radical (unpaired) electrons. The predicted octanol–water partition coefficient (Wildman–Crippen LogP) is -1.21. The molecule has 0 saturated carbocycles. The van der Waals surface area contributed by atoms with Gasteiger partial charge >= 0.3 is 57.1 Å². The minimum atomic E-state index is -0.949. The summed E-state index contributed by atoms with van der Waals surface area (Å²) in [5, 5.41) is 60.4. The average molecular weight is 406 g/mol. The fraction of sp³-hybridized carbons (Fsp3) is 0. The summed E-state index contributed by atoms with van der Waals surface area (Å²) >= 11 is 0. The number of phenols is 1. The van der Waals surface area contributed by atoms with Crippen molar-refractivity contribution in [2.45, 2.75) is 0 Å². The predicted molar refractivity (Wildman–Crippen MR) is 80.6 cm³/mol. The number of aromatic hydroxyl groups is 1. The van der Waals surface area contributed by atoms with E-state index in [1.54, 1.807) is 0 Å². The van der Waals surface area contributed by atoms with Gasteiger partial charge in [0.15, 0.2) is 5.75 Å². The standard InChI is InChI=1S/2C6H4N2O5.K/c2*9-6-2-1-4(7(10)11)3-5(6)8(12)13;/h2*1-3,9H;/q;;+1/p-1. The normalized spacial score (nSPS) is 9.19. The van der Waals surface area contributed by atoms with Crippen molar-refractivity contribution in [3.63, 3.8) is 0 Å². The number of non-ortho nitro benzene ring substituents is 2. The Morgan fingerprint density at radius 3 is 1.48 bits per heavy atom. The summed E-state index contributed by atoms with van der Waals surface area (Å²) < 4.78 is 0. The third-order valence-corrected chi connectivity index (χ3v) is 2.72. The minimum Gasteiger partial charge on any atom is -0.868 e. The summed E-state index contributed by atoms with van der Waals surface area (Å²) in [5.74, 6) is -1.42. The van der Waals surface area contributed by atoms with Crippen molar-refractivity contribution in [3.8, 4) is 11.5 Å². The Morgan fingerprint density at radius 2 is 1.07 bits per heavy atom. The molecule has 0 saturated heterocycles. The van der Waals surface area contributed by atoms with Crippen LogP contribution in [-0.2, 0) is 0 Å². The summed E-state index contributed by atoms with van der Waals surface area (Å²) in [6.07, 6.45) is 0. The Hall–Kier alpha value is -2.72. The summed E-state index contributed by atoms with van der Waals surface area (Å²) in [5.41, 5.74) is -2.35. The number of nitrogens with zero attached hydrogens (tertiary/aromatic N) is 4. The summed E-state index contributed by atoms with van der Waals surface area (Å²) in [6.45, 7) is 0. The fourth-order valence-electron chi connectivity index (χ4n) is 1.53. The van der Waals surface area contributed by atoms with Crippen LogP contribution in [0, 0.1) is 40.5 Å². The van der Waals surface area contributed by atoms with E-state index in [4.69, 9.17) is 5.11 Å². The van der Waals surface area contributed by atoms with Gasteiger partial charge in [-0.3, -0.25) is 40.5 Å². The molecule has 1 N–H and O–H groups in total. The topological polar surface area (TPSA) is 216 Å². The molecule has 0 bridgehead atoms. The molecular formula is C12H7KN4O10. The first-order valence-corrected chi connectivity index (χ1v) is 6.26. The van der Waals surface area contributed by atoms with Gasteiger partial charge in [-0.15, -0.1) is 0 Å². The molecule has 14 nitrogen and oxygen atoms in total. The molecule has 0 amide bonds. The zero-order valence-electron chi connectivity index (χ0n) is 13.4. The van der Waals surface area contributed by atoms with Gasteiger partial charge in [0.2, 0.25) is 0 Å². The minimum absolute atomic E-state index is 0. The van der Waals surface area contributed by atoms with Gasteiger partial charge in [-0.1, -0.05) is 6.07 Å². The molecule has 0 spiro atoms. The van der Waals surface area contributed by atoms with Crippen molar-refractivity contribution in [1.82, 2.24) is 0 Å². The second-order valence-electron chi connectivity index (χ2n) is 4.35. The molecule has 0 atom stereocenters. The summed E-state index contributed by atoms with van der Waals surface area (Å²) in [7, 11) is 0. The molecule has 0 unspecified atom stereocenters. The Balaban J connectivity index is 0.000000483. The van der Waals surface area contributed by atoms with E-state index < -0.39 is 53.9 Å². The van der Waals surface area contributed by atoms with E-state index in [0.717, 1.165) is 24.3 Å². The molecule has 15 heteroatoms. The van der Waals surface area contributed by atoms with Gasteiger partial charge in [-0.05, 0) is 11.8 Å². The van der Waals surface area contributed by atoms with Gasteiger partial charge in [0.05, 0.1) is 31.8 Å². The Labute approximate surface area is 191 Å². The van der Waals surface area contributed by atoms with E-state index in [0.29, 0.717) is 12.1 Å². The molecule has 0 aliphatic heterocycles. The van der Waals surface area contributed by atoms with E-state index in [2.05, 4.69) is 0 Å². The van der Waals surface area contributed by atoms with Crippen LogP contribution < -0.4 is 56.5 Å². The van der Waals surface area contributed by atoms with Crippen molar-refractivity contribution in [1.29, 1.82) is 0 Å². The largest absolute Gasteiger partial charge is 1.00 e. The third-order valence-electron chi connectivity index (χ3n) is 2.72. The summed E-state index contributed by atoms with van der Waals surface area (Å²) in [6, 6.07) is 4.97. The molecular weight excluding hydrogens is 399 g/mol. The van der Waals surface area contributed by atoms with Gasteiger partial charge in [-0.2, -0.15) is 0 Å². The van der Waals surface area contributed by atoms with Crippen LogP contribution in [0.15, 0.2) is 36.4 Å². The Kier molecular flexibility index (Phi) is 9.38. The first kappa shape index (κ1) is 24.3.